The highest BCUT2D eigenvalue weighted by atomic mass is 31.2. The Morgan fingerprint density at radius 3 is 1.88 bits per heavy atom. The molecule has 4 aromatic carbocycles. The first kappa shape index (κ1) is 22.6. The van der Waals surface area contributed by atoms with Gasteiger partial charge in [0.1, 0.15) is 7.14 Å². The second kappa shape index (κ2) is 10.4. The highest BCUT2D eigenvalue weighted by Crippen LogP contribution is 2.55. The first-order chi connectivity index (χ1) is 16.8. The monoisotopic (exact) mass is 462 g/mol. The van der Waals surface area contributed by atoms with Gasteiger partial charge in [-0.1, -0.05) is 135 Å². The molecule has 170 valence electrons. The van der Waals surface area contributed by atoms with Crippen molar-refractivity contribution in [1.82, 2.24) is 0 Å². The smallest absolute Gasteiger partial charge is 0.146 e. The van der Waals surface area contributed by atoms with Crippen LogP contribution in [0.25, 0.3) is 11.6 Å². The zero-order chi connectivity index (χ0) is 23.2. The first-order valence-electron chi connectivity index (χ1n) is 12.3. The van der Waals surface area contributed by atoms with Crippen molar-refractivity contribution < 1.29 is 4.57 Å². The van der Waals surface area contributed by atoms with Crippen LogP contribution in [0, 0.1) is 0 Å². The molecule has 0 bridgehead atoms. The number of benzene rings is 4. The molecule has 0 amide bonds. The van der Waals surface area contributed by atoms with Crippen LogP contribution >= 0.6 is 7.14 Å². The van der Waals surface area contributed by atoms with E-state index in [1.54, 1.807) is 0 Å². The lowest BCUT2D eigenvalue weighted by atomic mass is 9.95. The molecule has 1 nitrogen and oxygen atoms in total. The third kappa shape index (κ3) is 4.59. The van der Waals surface area contributed by atoms with Crippen LogP contribution in [0.4, 0.5) is 0 Å². The van der Waals surface area contributed by atoms with Gasteiger partial charge in [0.25, 0.3) is 0 Å². The molecule has 4 aromatic rings. The lowest BCUT2D eigenvalue weighted by Gasteiger charge is -2.33. The lowest BCUT2D eigenvalue weighted by molar-refractivity contribution is 0.490. The van der Waals surface area contributed by atoms with Gasteiger partial charge in [-0.05, 0) is 41.2 Å². The maximum atomic E-state index is 15.4. The summed E-state index contributed by atoms with van der Waals surface area (Å²) in [5.41, 5.74) is 4.67. The summed E-state index contributed by atoms with van der Waals surface area (Å²) in [5.74, 6) is 0. The van der Waals surface area contributed by atoms with Gasteiger partial charge >= 0.3 is 0 Å². The van der Waals surface area contributed by atoms with E-state index >= 15 is 4.57 Å². The van der Waals surface area contributed by atoms with E-state index in [9.17, 15) is 0 Å². The van der Waals surface area contributed by atoms with Gasteiger partial charge in [0.05, 0.1) is 0 Å². The van der Waals surface area contributed by atoms with Crippen LogP contribution in [0.15, 0.2) is 115 Å². The highest BCUT2D eigenvalue weighted by Gasteiger charge is 2.39. The molecule has 0 radical (unpaired) electrons. The largest absolute Gasteiger partial charge is 0.313 e. The van der Waals surface area contributed by atoms with E-state index in [0.717, 1.165) is 58.6 Å². The second-order valence-corrected chi connectivity index (χ2v) is 12.2. The Kier molecular flexibility index (Phi) is 6.93. The fourth-order valence-corrected chi connectivity index (χ4v) is 8.94. The maximum Gasteiger partial charge on any atom is 0.146 e. The fourth-order valence-electron chi connectivity index (χ4n) is 5.28. The zero-order valence-electron chi connectivity index (χ0n) is 19.5. The zero-order valence-corrected chi connectivity index (χ0v) is 20.4. The number of rotatable bonds is 6. The summed E-state index contributed by atoms with van der Waals surface area (Å²) in [4.78, 5) is 0. The van der Waals surface area contributed by atoms with Crippen LogP contribution in [0.1, 0.15) is 48.8 Å². The summed E-state index contributed by atoms with van der Waals surface area (Å²) < 4.78 is 15.4. The van der Waals surface area contributed by atoms with Crippen molar-refractivity contribution in [2.45, 2.75) is 37.8 Å². The van der Waals surface area contributed by atoms with Crippen LogP contribution in [0.2, 0.25) is 0 Å². The molecule has 0 spiro atoms. The molecule has 0 aliphatic heterocycles. The quantitative estimate of drug-likeness (QED) is 0.210. The molecule has 0 saturated heterocycles. The van der Waals surface area contributed by atoms with E-state index in [1.807, 2.05) is 30.3 Å². The van der Waals surface area contributed by atoms with Crippen molar-refractivity contribution in [3.8, 4) is 0 Å². The second-order valence-electron chi connectivity index (χ2n) is 9.14. The van der Waals surface area contributed by atoms with Gasteiger partial charge in [-0.2, -0.15) is 0 Å². The molecule has 2 heteroatoms. The van der Waals surface area contributed by atoms with Gasteiger partial charge < -0.3 is 4.57 Å². The minimum Gasteiger partial charge on any atom is -0.313 e. The average Bonchev–Trinajstić information content (AvgIpc) is 2.93. The summed E-state index contributed by atoms with van der Waals surface area (Å²) in [6.45, 7) is 0. The minimum atomic E-state index is -2.86. The van der Waals surface area contributed by atoms with Crippen molar-refractivity contribution in [2.24, 2.45) is 0 Å². The standard InChI is InChI=1S/C32H31OP/c33-34(28-19-9-3-10-20-28,29-21-11-4-12-22-29)32-24-14-13-23-30(32)31(27-17-7-2-8-18-27)25-26-15-5-1-6-16-26/h1-3,5-10,13-20,23-25,29H,4,11-12,21-22H2/b31-25+. The lowest BCUT2D eigenvalue weighted by Crippen LogP contribution is -2.29. The van der Waals surface area contributed by atoms with Crippen LogP contribution in [0.5, 0.6) is 0 Å². The van der Waals surface area contributed by atoms with E-state index in [4.69, 9.17) is 0 Å². The molecule has 1 unspecified atom stereocenters. The summed E-state index contributed by atoms with van der Waals surface area (Å²) in [6.07, 6.45) is 7.87. The Labute approximate surface area is 203 Å². The van der Waals surface area contributed by atoms with Gasteiger partial charge in [-0.25, -0.2) is 0 Å². The van der Waals surface area contributed by atoms with E-state index < -0.39 is 7.14 Å². The Hall–Kier alpha value is -3.15. The van der Waals surface area contributed by atoms with E-state index in [0.29, 0.717) is 0 Å². The summed E-state index contributed by atoms with van der Waals surface area (Å²) >= 11 is 0. The molecule has 1 atom stereocenters. The summed E-state index contributed by atoms with van der Waals surface area (Å²) in [6, 6.07) is 39.6. The van der Waals surface area contributed by atoms with Gasteiger partial charge in [0.2, 0.25) is 0 Å². The number of hydrogen-bond donors (Lipinski definition) is 0. The van der Waals surface area contributed by atoms with E-state index in [2.05, 4.69) is 91.0 Å². The minimum absolute atomic E-state index is 0.193. The molecule has 0 N–H and O–H groups in total. The van der Waals surface area contributed by atoms with Crippen molar-refractivity contribution in [1.29, 1.82) is 0 Å². The Morgan fingerprint density at radius 2 is 1.21 bits per heavy atom. The molecular weight excluding hydrogens is 431 g/mol. The molecule has 1 aliphatic carbocycles. The molecule has 0 heterocycles. The SMILES string of the molecule is O=P(c1ccccc1)(c1ccccc1/C(=C/c1ccccc1)c1ccccc1)C1CCCCC1. The summed E-state index contributed by atoms with van der Waals surface area (Å²) in [5, 5.41) is 1.99. The molecule has 1 aliphatic rings. The summed E-state index contributed by atoms with van der Waals surface area (Å²) in [7, 11) is -2.86. The molecule has 34 heavy (non-hydrogen) atoms. The van der Waals surface area contributed by atoms with Crippen LogP contribution in [0.3, 0.4) is 0 Å². The first-order valence-corrected chi connectivity index (χ1v) is 14.1. The van der Waals surface area contributed by atoms with Crippen molar-refractivity contribution in [3.63, 3.8) is 0 Å². The average molecular weight is 463 g/mol. The third-order valence-corrected chi connectivity index (χ3v) is 10.7. The molecule has 5 rings (SSSR count). The maximum absolute atomic E-state index is 15.4. The Morgan fingerprint density at radius 1 is 0.647 bits per heavy atom. The number of hydrogen-bond acceptors (Lipinski definition) is 1. The molecule has 0 aromatic heterocycles. The Bertz CT molecular complexity index is 1290. The topological polar surface area (TPSA) is 17.1 Å². The fraction of sp³-hybridized carbons (Fsp3) is 0.188. The predicted octanol–water partition coefficient (Wildman–Crippen LogP) is 7.92. The van der Waals surface area contributed by atoms with Crippen molar-refractivity contribution in [2.75, 3.05) is 0 Å². The molecular formula is C32H31OP. The Balaban J connectivity index is 1.75. The van der Waals surface area contributed by atoms with Crippen LogP contribution < -0.4 is 10.6 Å². The predicted molar refractivity (Wildman–Crippen MR) is 146 cm³/mol. The molecule has 1 fully saturated rings. The van der Waals surface area contributed by atoms with Gasteiger partial charge in [0.15, 0.2) is 0 Å². The van der Waals surface area contributed by atoms with Gasteiger partial charge in [0, 0.05) is 16.3 Å². The van der Waals surface area contributed by atoms with Crippen LogP contribution in [-0.4, -0.2) is 5.66 Å². The van der Waals surface area contributed by atoms with Crippen LogP contribution in [-0.2, 0) is 4.57 Å². The normalized spacial score (nSPS) is 16.6. The van der Waals surface area contributed by atoms with E-state index in [-0.39, 0.29) is 5.66 Å². The van der Waals surface area contributed by atoms with Crippen molar-refractivity contribution in [3.05, 3.63) is 132 Å². The molecule has 1 saturated carbocycles. The van der Waals surface area contributed by atoms with E-state index in [1.165, 1.54) is 6.42 Å². The van der Waals surface area contributed by atoms with Crippen molar-refractivity contribution >= 4 is 29.4 Å². The highest BCUT2D eigenvalue weighted by molar-refractivity contribution is 7.79. The van der Waals surface area contributed by atoms with Gasteiger partial charge in [-0.15, -0.1) is 0 Å². The third-order valence-electron chi connectivity index (χ3n) is 6.98. The van der Waals surface area contributed by atoms with Gasteiger partial charge in [-0.3, -0.25) is 0 Å².